The Kier molecular flexibility index (Phi) is 6.85. The van der Waals surface area contributed by atoms with E-state index < -0.39 is 0 Å². The van der Waals surface area contributed by atoms with Crippen LogP contribution in [0.1, 0.15) is 16.7 Å². The van der Waals surface area contributed by atoms with E-state index in [9.17, 15) is 4.79 Å². The van der Waals surface area contributed by atoms with Crippen molar-refractivity contribution in [1.82, 2.24) is 0 Å². The minimum absolute atomic E-state index is 0.203. The van der Waals surface area contributed by atoms with Crippen molar-refractivity contribution in [3.05, 3.63) is 34.9 Å². The number of hydrogen-bond donors (Lipinski definition) is 0. The first-order valence-corrected chi connectivity index (χ1v) is 6.11. The molecule has 0 atom stereocenters. The van der Waals surface area contributed by atoms with Crippen LogP contribution in [0.25, 0.3) is 6.08 Å². The van der Waals surface area contributed by atoms with Crippen LogP contribution < -0.4 is 4.74 Å². The average molecular weight is 264 g/mol. The van der Waals surface area contributed by atoms with Crippen molar-refractivity contribution in [2.45, 2.75) is 13.8 Å². The molecular formula is C15H20O4. The number of ether oxygens (including phenoxy) is 3. The summed E-state index contributed by atoms with van der Waals surface area (Å²) in [7, 11) is 1.63. The van der Waals surface area contributed by atoms with Crippen molar-refractivity contribution >= 4 is 12.4 Å². The zero-order valence-corrected chi connectivity index (χ0v) is 11.6. The Morgan fingerprint density at radius 2 is 1.84 bits per heavy atom. The monoisotopic (exact) mass is 264 g/mol. The van der Waals surface area contributed by atoms with Crippen molar-refractivity contribution in [2.24, 2.45) is 0 Å². The summed E-state index contributed by atoms with van der Waals surface area (Å²) in [6, 6.07) is 3.94. The molecule has 0 spiro atoms. The highest BCUT2D eigenvalue weighted by molar-refractivity contribution is 5.74. The quantitative estimate of drug-likeness (QED) is 0.313. The van der Waals surface area contributed by atoms with E-state index in [4.69, 9.17) is 14.2 Å². The first-order valence-electron chi connectivity index (χ1n) is 6.11. The number of aldehydes is 1. The van der Waals surface area contributed by atoms with E-state index >= 15 is 0 Å². The van der Waals surface area contributed by atoms with Gasteiger partial charge in [0.1, 0.15) is 12.0 Å². The second-order valence-electron chi connectivity index (χ2n) is 4.14. The van der Waals surface area contributed by atoms with Crippen molar-refractivity contribution < 1.29 is 19.0 Å². The highest BCUT2D eigenvalue weighted by Crippen LogP contribution is 2.25. The number of benzene rings is 1. The predicted octanol–water partition coefficient (Wildman–Crippen LogP) is 2.51. The van der Waals surface area contributed by atoms with Gasteiger partial charge < -0.3 is 14.2 Å². The van der Waals surface area contributed by atoms with Crippen LogP contribution in [0.15, 0.2) is 18.2 Å². The van der Waals surface area contributed by atoms with Crippen LogP contribution in [-0.4, -0.2) is 33.4 Å². The lowest BCUT2D eigenvalue weighted by Crippen LogP contribution is -2.09. The number of hydrogen-bond acceptors (Lipinski definition) is 4. The van der Waals surface area contributed by atoms with Crippen molar-refractivity contribution in [2.75, 3.05) is 27.1 Å². The summed E-state index contributed by atoms with van der Waals surface area (Å²) in [5.41, 5.74) is 3.01. The highest BCUT2D eigenvalue weighted by atomic mass is 16.7. The van der Waals surface area contributed by atoms with Gasteiger partial charge >= 0.3 is 0 Å². The first-order chi connectivity index (χ1) is 9.19. The molecule has 0 aromatic heterocycles. The predicted molar refractivity (Wildman–Crippen MR) is 74.3 cm³/mol. The van der Waals surface area contributed by atoms with Crippen LogP contribution in [0, 0.1) is 13.8 Å². The van der Waals surface area contributed by atoms with E-state index in [0.29, 0.717) is 13.2 Å². The molecule has 0 fully saturated rings. The van der Waals surface area contributed by atoms with Crippen LogP contribution in [0.5, 0.6) is 5.75 Å². The zero-order valence-electron chi connectivity index (χ0n) is 11.6. The summed E-state index contributed by atoms with van der Waals surface area (Å²) in [4.78, 5) is 10.3. The minimum atomic E-state index is 0.203. The Labute approximate surface area is 114 Å². The fraction of sp³-hybridized carbons (Fsp3) is 0.400. The van der Waals surface area contributed by atoms with Gasteiger partial charge in [0, 0.05) is 7.11 Å². The van der Waals surface area contributed by atoms with Gasteiger partial charge in [0.05, 0.1) is 13.2 Å². The number of rotatable bonds is 8. The highest BCUT2D eigenvalue weighted by Gasteiger charge is 2.05. The first kappa shape index (κ1) is 15.4. The Morgan fingerprint density at radius 3 is 2.42 bits per heavy atom. The van der Waals surface area contributed by atoms with Gasteiger partial charge in [0.2, 0.25) is 0 Å². The van der Waals surface area contributed by atoms with Crippen LogP contribution in [0.4, 0.5) is 0 Å². The van der Waals surface area contributed by atoms with E-state index in [1.807, 2.05) is 26.0 Å². The molecule has 1 rings (SSSR count). The summed E-state index contributed by atoms with van der Waals surface area (Å²) in [6.07, 6.45) is 4.01. The molecule has 4 nitrogen and oxygen atoms in total. The molecule has 19 heavy (non-hydrogen) atoms. The molecule has 1 aromatic rings. The van der Waals surface area contributed by atoms with E-state index in [1.165, 1.54) is 6.08 Å². The molecule has 0 aliphatic rings. The lowest BCUT2D eigenvalue weighted by atomic mass is 10.1. The van der Waals surface area contributed by atoms with E-state index in [2.05, 4.69) is 0 Å². The van der Waals surface area contributed by atoms with Gasteiger partial charge in [0.25, 0.3) is 0 Å². The summed E-state index contributed by atoms with van der Waals surface area (Å²) in [5, 5.41) is 0. The third-order valence-electron chi connectivity index (χ3n) is 2.57. The molecule has 0 aliphatic heterocycles. The number of carbonyl (C=O) groups is 1. The summed E-state index contributed by atoms with van der Waals surface area (Å²) >= 11 is 0. The number of allylic oxidation sites excluding steroid dienone is 1. The van der Waals surface area contributed by atoms with Gasteiger partial charge in [-0.1, -0.05) is 6.08 Å². The molecule has 0 amide bonds. The molecular weight excluding hydrogens is 244 g/mol. The van der Waals surface area contributed by atoms with E-state index in [0.717, 1.165) is 28.7 Å². The van der Waals surface area contributed by atoms with Crippen molar-refractivity contribution in [1.29, 1.82) is 0 Å². The fourth-order valence-electron chi connectivity index (χ4n) is 1.76. The second-order valence-corrected chi connectivity index (χ2v) is 4.14. The standard InChI is InChI=1S/C15H20O4/c1-12-9-14(5-4-6-16)10-13(2)15(12)19-11-18-8-7-17-3/h4-6,9-10H,7-8,11H2,1-3H3/b5-4+. The Bertz CT molecular complexity index is 415. The third kappa shape index (κ3) is 5.24. The molecule has 0 heterocycles. The average Bonchev–Trinajstić information content (AvgIpc) is 2.38. The SMILES string of the molecule is COCCOCOc1c(C)cc(/C=C/C=O)cc1C. The molecule has 0 N–H and O–H groups in total. The van der Waals surface area contributed by atoms with Crippen LogP contribution in [0.2, 0.25) is 0 Å². The van der Waals surface area contributed by atoms with Crippen molar-refractivity contribution in [3.63, 3.8) is 0 Å². The van der Waals surface area contributed by atoms with Gasteiger partial charge in [-0.2, -0.15) is 0 Å². The summed E-state index contributed by atoms with van der Waals surface area (Å²) in [5.74, 6) is 0.820. The lowest BCUT2D eigenvalue weighted by Gasteiger charge is -2.13. The Balaban J connectivity index is 2.63. The van der Waals surface area contributed by atoms with Crippen LogP contribution in [0.3, 0.4) is 0 Å². The molecule has 0 saturated carbocycles. The maximum atomic E-state index is 10.3. The number of methoxy groups -OCH3 is 1. The maximum absolute atomic E-state index is 10.3. The molecule has 1 aromatic carbocycles. The molecule has 0 radical (unpaired) electrons. The smallest absolute Gasteiger partial charge is 0.189 e. The fourth-order valence-corrected chi connectivity index (χ4v) is 1.76. The summed E-state index contributed by atoms with van der Waals surface area (Å²) in [6.45, 7) is 5.20. The van der Waals surface area contributed by atoms with Gasteiger partial charge in [-0.05, 0) is 48.7 Å². The Hall–Kier alpha value is -1.65. The maximum Gasteiger partial charge on any atom is 0.189 e. The minimum Gasteiger partial charge on any atom is -0.467 e. The molecule has 104 valence electrons. The molecule has 0 bridgehead atoms. The largest absolute Gasteiger partial charge is 0.467 e. The normalized spacial score (nSPS) is 10.9. The zero-order chi connectivity index (χ0) is 14.1. The molecule has 0 saturated heterocycles. The molecule has 0 unspecified atom stereocenters. The number of carbonyl (C=O) groups excluding carboxylic acids is 1. The topological polar surface area (TPSA) is 44.8 Å². The van der Waals surface area contributed by atoms with Gasteiger partial charge in [-0.15, -0.1) is 0 Å². The van der Waals surface area contributed by atoms with Crippen molar-refractivity contribution in [3.8, 4) is 5.75 Å². The summed E-state index contributed by atoms with van der Waals surface area (Å²) < 4.78 is 15.8. The van der Waals surface area contributed by atoms with Gasteiger partial charge in [-0.3, -0.25) is 4.79 Å². The molecule has 0 aliphatic carbocycles. The van der Waals surface area contributed by atoms with Gasteiger partial charge in [-0.25, -0.2) is 0 Å². The van der Waals surface area contributed by atoms with Crippen LogP contribution >= 0.6 is 0 Å². The van der Waals surface area contributed by atoms with E-state index in [-0.39, 0.29) is 6.79 Å². The Morgan fingerprint density at radius 1 is 1.16 bits per heavy atom. The third-order valence-corrected chi connectivity index (χ3v) is 2.57. The number of aryl methyl sites for hydroxylation is 2. The lowest BCUT2D eigenvalue weighted by molar-refractivity contribution is -0.104. The second kappa shape index (κ2) is 8.45. The van der Waals surface area contributed by atoms with Crippen LogP contribution in [-0.2, 0) is 14.3 Å². The molecule has 4 heteroatoms. The van der Waals surface area contributed by atoms with E-state index in [1.54, 1.807) is 13.2 Å². The van der Waals surface area contributed by atoms with Gasteiger partial charge in [0.15, 0.2) is 6.79 Å².